The highest BCUT2D eigenvalue weighted by Gasteiger charge is 2.11. The van der Waals surface area contributed by atoms with E-state index >= 15 is 0 Å². The second-order valence-electron chi connectivity index (χ2n) is 3.95. The molecule has 2 aromatic rings. The van der Waals surface area contributed by atoms with Crippen LogP contribution in [0.4, 0.5) is 5.69 Å². The largest absolute Gasteiger partial charge is 0.506 e. The number of phenols is 1. The molecule has 0 aliphatic heterocycles. The summed E-state index contributed by atoms with van der Waals surface area (Å²) in [4.78, 5) is 15.8. The topological polar surface area (TPSA) is 65.1 Å². The summed E-state index contributed by atoms with van der Waals surface area (Å²) in [6, 6.07) is 4.87. The van der Waals surface area contributed by atoms with Crippen molar-refractivity contribution in [3.63, 3.8) is 0 Å². The first-order chi connectivity index (χ1) is 8.95. The van der Waals surface area contributed by atoms with E-state index in [0.717, 1.165) is 15.0 Å². The zero-order valence-electron chi connectivity index (χ0n) is 9.99. The monoisotopic (exact) mass is 358 g/mol. The number of amides is 1. The second-order valence-corrected chi connectivity index (χ2v) is 6.64. The van der Waals surface area contributed by atoms with Gasteiger partial charge in [-0.2, -0.15) is 0 Å². The van der Waals surface area contributed by atoms with Crippen LogP contribution in [0.25, 0.3) is 0 Å². The zero-order chi connectivity index (χ0) is 14.0. The number of H-pyrrole nitrogens is 1. The summed E-state index contributed by atoms with van der Waals surface area (Å²) in [7, 11) is 0. The number of rotatable bonds is 3. The lowest BCUT2D eigenvalue weighted by molar-refractivity contribution is -0.115. The molecule has 0 saturated heterocycles. The van der Waals surface area contributed by atoms with Gasteiger partial charge in [0.15, 0.2) is 3.95 Å². The Morgan fingerprint density at radius 3 is 2.95 bits per heavy atom. The number of aromatic hydroxyl groups is 1. The predicted molar refractivity (Wildman–Crippen MR) is 82.4 cm³/mol. The number of halogens is 1. The fourth-order valence-electron chi connectivity index (χ4n) is 1.55. The molecule has 0 bridgehead atoms. The van der Waals surface area contributed by atoms with Crippen LogP contribution in [-0.4, -0.2) is 16.0 Å². The maximum absolute atomic E-state index is 11.9. The number of aromatic amines is 1. The van der Waals surface area contributed by atoms with Gasteiger partial charge in [0.25, 0.3) is 0 Å². The molecule has 0 saturated carbocycles. The number of carbonyl (C=O) groups excluding carboxylic acids is 1. The Bertz CT molecular complexity index is 679. The van der Waals surface area contributed by atoms with Gasteiger partial charge in [-0.1, -0.05) is 15.9 Å². The van der Waals surface area contributed by atoms with E-state index in [0.29, 0.717) is 9.64 Å². The third-order valence-corrected chi connectivity index (χ3v) is 4.31. The van der Waals surface area contributed by atoms with Crippen molar-refractivity contribution in [1.82, 2.24) is 4.98 Å². The van der Waals surface area contributed by atoms with Crippen LogP contribution < -0.4 is 5.32 Å². The quantitative estimate of drug-likeness (QED) is 0.578. The molecule has 0 spiro atoms. The normalized spacial score (nSPS) is 10.4. The highest BCUT2D eigenvalue weighted by molar-refractivity contribution is 9.10. The summed E-state index contributed by atoms with van der Waals surface area (Å²) in [6.07, 6.45) is 0.232. The molecule has 0 unspecified atom stereocenters. The molecule has 100 valence electrons. The number of hydrogen-bond acceptors (Lipinski definition) is 4. The Morgan fingerprint density at radius 1 is 1.58 bits per heavy atom. The molecule has 1 aromatic carbocycles. The van der Waals surface area contributed by atoms with Crippen LogP contribution in [0.3, 0.4) is 0 Å². The third-order valence-electron chi connectivity index (χ3n) is 2.48. The van der Waals surface area contributed by atoms with Gasteiger partial charge in [0.2, 0.25) is 5.91 Å². The molecular formula is C12H11BrN2O2S2. The number of carbonyl (C=O) groups is 1. The van der Waals surface area contributed by atoms with Crippen molar-refractivity contribution in [2.24, 2.45) is 0 Å². The van der Waals surface area contributed by atoms with Crippen molar-refractivity contribution in [2.75, 3.05) is 5.32 Å². The van der Waals surface area contributed by atoms with E-state index in [2.05, 4.69) is 26.2 Å². The Labute approximate surface area is 127 Å². The van der Waals surface area contributed by atoms with Crippen molar-refractivity contribution in [2.45, 2.75) is 13.3 Å². The van der Waals surface area contributed by atoms with Crippen LogP contribution in [0.1, 0.15) is 10.6 Å². The highest BCUT2D eigenvalue weighted by atomic mass is 79.9. The summed E-state index contributed by atoms with van der Waals surface area (Å²) in [5, 5.41) is 12.3. The summed E-state index contributed by atoms with van der Waals surface area (Å²) in [5.41, 5.74) is 1.29. The van der Waals surface area contributed by atoms with Gasteiger partial charge in [-0.05, 0) is 37.3 Å². The first kappa shape index (κ1) is 14.2. The van der Waals surface area contributed by atoms with Crippen molar-refractivity contribution in [3.8, 4) is 5.75 Å². The molecule has 0 radical (unpaired) electrons. The average molecular weight is 359 g/mol. The summed E-state index contributed by atoms with van der Waals surface area (Å²) >= 11 is 9.70. The molecule has 3 N–H and O–H groups in total. The molecule has 7 heteroatoms. The van der Waals surface area contributed by atoms with Gasteiger partial charge >= 0.3 is 0 Å². The van der Waals surface area contributed by atoms with E-state index in [1.54, 1.807) is 12.1 Å². The van der Waals surface area contributed by atoms with Crippen LogP contribution >= 0.6 is 39.5 Å². The molecule has 1 aromatic heterocycles. The Balaban J connectivity index is 2.11. The summed E-state index contributed by atoms with van der Waals surface area (Å²) in [5.74, 6) is -0.156. The van der Waals surface area contributed by atoms with Crippen molar-refractivity contribution < 1.29 is 9.90 Å². The lowest BCUT2D eigenvalue weighted by Gasteiger charge is -2.07. The van der Waals surface area contributed by atoms with Crippen molar-refractivity contribution in [3.05, 3.63) is 37.2 Å². The molecule has 4 nitrogen and oxygen atoms in total. The van der Waals surface area contributed by atoms with E-state index in [-0.39, 0.29) is 18.1 Å². The third kappa shape index (κ3) is 3.65. The van der Waals surface area contributed by atoms with Crippen LogP contribution in [0.2, 0.25) is 0 Å². The minimum Gasteiger partial charge on any atom is -0.506 e. The molecule has 0 aliphatic carbocycles. The molecule has 0 aliphatic rings. The average Bonchev–Trinajstić information content (AvgIpc) is 2.62. The number of hydrogen-bond donors (Lipinski definition) is 3. The lowest BCUT2D eigenvalue weighted by atomic mass is 10.2. The number of aryl methyl sites for hydroxylation is 1. The van der Waals surface area contributed by atoms with E-state index in [9.17, 15) is 9.90 Å². The maximum Gasteiger partial charge on any atom is 0.229 e. The van der Waals surface area contributed by atoms with Crippen molar-refractivity contribution in [1.29, 1.82) is 0 Å². The van der Waals surface area contributed by atoms with Crippen LogP contribution in [0.5, 0.6) is 5.75 Å². The van der Waals surface area contributed by atoms with E-state index in [4.69, 9.17) is 12.2 Å². The molecule has 1 amide bonds. The van der Waals surface area contributed by atoms with Gasteiger partial charge in [0.1, 0.15) is 5.75 Å². The van der Waals surface area contributed by atoms with Crippen LogP contribution in [-0.2, 0) is 11.2 Å². The lowest BCUT2D eigenvalue weighted by Crippen LogP contribution is -2.14. The molecular weight excluding hydrogens is 348 g/mol. The van der Waals surface area contributed by atoms with Crippen molar-refractivity contribution >= 4 is 51.1 Å². The fourth-order valence-corrected chi connectivity index (χ4v) is 3.21. The van der Waals surface area contributed by atoms with Gasteiger partial charge in [0.05, 0.1) is 12.1 Å². The number of aromatic nitrogens is 1. The van der Waals surface area contributed by atoms with Gasteiger partial charge in [-0.15, -0.1) is 11.3 Å². The fraction of sp³-hybridized carbons (Fsp3) is 0.167. The number of anilines is 1. The second kappa shape index (κ2) is 5.85. The van der Waals surface area contributed by atoms with E-state index in [1.807, 2.05) is 6.92 Å². The number of phenolic OH excluding ortho intramolecular Hbond substituents is 1. The zero-order valence-corrected chi connectivity index (χ0v) is 13.2. The Hall–Kier alpha value is -1.18. The highest BCUT2D eigenvalue weighted by Crippen LogP contribution is 2.27. The molecule has 0 atom stereocenters. The predicted octanol–water partition coefficient (Wildman–Crippen LogP) is 3.76. The van der Waals surface area contributed by atoms with Gasteiger partial charge < -0.3 is 15.4 Å². The first-order valence-electron chi connectivity index (χ1n) is 5.42. The van der Waals surface area contributed by atoms with E-state index in [1.165, 1.54) is 17.4 Å². The Morgan fingerprint density at radius 2 is 2.32 bits per heavy atom. The molecule has 1 heterocycles. The minimum absolute atomic E-state index is 0.0370. The molecule has 19 heavy (non-hydrogen) atoms. The van der Waals surface area contributed by atoms with Crippen LogP contribution in [0, 0.1) is 10.9 Å². The van der Waals surface area contributed by atoms with Crippen LogP contribution in [0.15, 0.2) is 22.7 Å². The van der Waals surface area contributed by atoms with Gasteiger partial charge in [0, 0.05) is 15.0 Å². The number of thiazole rings is 1. The first-order valence-corrected chi connectivity index (χ1v) is 7.44. The Kier molecular flexibility index (Phi) is 4.38. The number of benzene rings is 1. The molecule has 2 rings (SSSR count). The maximum atomic E-state index is 11.9. The standard InChI is InChI=1S/C12H11BrN2O2S2/c1-6-10(19-12(18)14-6)5-11(17)15-8-4-7(13)2-3-9(8)16/h2-4,16H,5H2,1H3,(H,14,18)(H,15,17). The molecule has 0 fully saturated rings. The summed E-state index contributed by atoms with van der Waals surface area (Å²) in [6.45, 7) is 1.88. The van der Waals surface area contributed by atoms with Gasteiger partial charge in [-0.25, -0.2) is 0 Å². The van der Waals surface area contributed by atoms with E-state index < -0.39 is 0 Å². The summed E-state index contributed by atoms with van der Waals surface area (Å²) < 4.78 is 1.44. The smallest absolute Gasteiger partial charge is 0.229 e. The number of nitrogens with one attached hydrogen (secondary N) is 2. The minimum atomic E-state index is -0.193. The SMILES string of the molecule is Cc1[nH]c(=S)sc1CC(=O)Nc1cc(Br)ccc1O. The van der Waals surface area contributed by atoms with Gasteiger partial charge in [-0.3, -0.25) is 4.79 Å².